The molecule has 4 heteroatoms. The van der Waals surface area contributed by atoms with Crippen LogP contribution in [0.25, 0.3) is 0 Å². The third-order valence-electron chi connectivity index (χ3n) is 1.96. The molecule has 0 unspecified atom stereocenters. The standard InChI is InChI=1S/C13H22N3O/c1-13(2,3)15-12-7-5-11(6-8-12)9-17-10-16(4)14/h5-8,10,15H,9,14H2,1-4H3/q+1/b16-10+. The molecule has 4 nitrogen and oxygen atoms in total. The van der Waals surface area contributed by atoms with Crippen molar-refractivity contribution in [2.24, 2.45) is 5.84 Å². The molecule has 0 radical (unpaired) electrons. The summed E-state index contributed by atoms with van der Waals surface area (Å²) in [7, 11) is 1.72. The Kier molecular flexibility index (Phi) is 4.37. The highest BCUT2D eigenvalue weighted by Crippen LogP contribution is 2.15. The second-order valence-electron chi connectivity index (χ2n) is 5.15. The normalized spacial score (nSPS) is 12.4. The molecule has 0 saturated carbocycles. The summed E-state index contributed by atoms with van der Waals surface area (Å²) >= 11 is 0. The van der Waals surface area contributed by atoms with Crippen molar-refractivity contribution in [1.82, 2.24) is 0 Å². The van der Waals surface area contributed by atoms with Gasteiger partial charge in [-0.1, -0.05) is 16.8 Å². The van der Waals surface area contributed by atoms with Crippen LogP contribution in [0, 0.1) is 0 Å². The second kappa shape index (κ2) is 5.57. The first kappa shape index (κ1) is 13.4. The van der Waals surface area contributed by atoms with E-state index in [1.54, 1.807) is 7.05 Å². The highest BCUT2D eigenvalue weighted by Gasteiger charge is 2.08. The molecule has 3 N–H and O–H groups in total. The van der Waals surface area contributed by atoms with Gasteiger partial charge in [-0.15, -0.1) is 0 Å². The maximum absolute atomic E-state index is 5.39. The fourth-order valence-corrected chi connectivity index (χ4v) is 1.37. The quantitative estimate of drug-likeness (QED) is 0.276. The van der Waals surface area contributed by atoms with E-state index >= 15 is 0 Å². The summed E-state index contributed by atoms with van der Waals surface area (Å²) in [5.41, 5.74) is 2.30. The van der Waals surface area contributed by atoms with Crippen LogP contribution >= 0.6 is 0 Å². The summed E-state index contributed by atoms with van der Waals surface area (Å²) in [4.78, 5) is 0. The minimum atomic E-state index is 0.0774. The van der Waals surface area contributed by atoms with Gasteiger partial charge in [-0.2, -0.15) is 0 Å². The summed E-state index contributed by atoms with van der Waals surface area (Å²) in [6.45, 7) is 6.93. The highest BCUT2D eigenvalue weighted by atomic mass is 16.5. The Morgan fingerprint density at radius 3 is 2.35 bits per heavy atom. The molecule has 0 atom stereocenters. The molecule has 0 aromatic heterocycles. The lowest BCUT2D eigenvalue weighted by atomic mass is 10.1. The topological polar surface area (TPSA) is 50.3 Å². The average Bonchev–Trinajstić information content (AvgIpc) is 2.18. The Labute approximate surface area is 103 Å². The third-order valence-corrected chi connectivity index (χ3v) is 1.96. The van der Waals surface area contributed by atoms with Crippen LogP contribution in [0.4, 0.5) is 5.69 Å². The van der Waals surface area contributed by atoms with E-state index in [0.717, 1.165) is 11.3 Å². The molecule has 17 heavy (non-hydrogen) atoms. The lowest BCUT2D eigenvalue weighted by molar-refractivity contribution is -0.512. The van der Waals surface area contributed by atoms with E-state index in [1.165, 1.54) is 11.1 Å². The van der Waals surface area contributed by atoms with Gasteiger partial charge >= 0.3 is 6.40 Å². The summed E-state index contributed by atoms with van der Waals surface area (Å²) in [5.74, 6) is 5.39. The third kappa shape index (κ3) is 5.80. The van der Waals surface area contributed by atoms with Crippen LogP contribution in [0.2, 0.25) is 0 Å². The Bertz CT molecular complexity index is 373. The van der Waals surface area contributed by atoms with Crippen molar-refractivity contribution < 1.29 is 9.42 Å². The molecule has 0 fully saturated rings. The molecule has 0 amide bonds. The molecular weight excluding hydrogens is 214 g/mol. The number of rotatable bonds is 4. The van der Waals surface area contributed by atoms with Crippen molar-refractivity contribution in [3.63, 3.8) is 0 Å². The Hall–Kier alpha value is -1.71. The number of nitrogens with one attached hydrogen (secondary N) is 1. The number of hydrazone groups is 1. The van der Waals surface area contributed by atoms with Crippen LogP contribution in [0.5, 0.6) is 0 Å². The van der Waals surface area contributed by atoms with Gasteiger partial charge in [-0.25, -0.2) is 5.84 Å². The van der Waals surface area contributed by atoms with E-state index < -0.39 is 0 Å². The van der Waals surface area contributed by atoms with Gasteiger partial charge < -0.3 is 10.1 Å². The van der Waals surface area contributed by atoms with E-state index in [2.05, 4.69) is 38.2 Å². The van der Waals surface area contributed by atoms with Crippen molar-refractivity contribution in [2.75, 3.05) is 12.4 Å². The van der Waals surface area contributed by atoms with Gasteiger partial charge in [-0.05, 0) is 38.5 Å². The fraction of sp³-hybridized carbons (Fsp3) is 0.462. The van der Waals surface area contributed by atoms with Crippen LogP contribution in [0.3, 0.4) is 0 Å². The number of hydrogen-bond donors (Lipinski definition) is 2. The van der Waals surface area contributed by atoms with E-state index in [1.807, 2.05) is 12.1 Å². The molecule has 1 aromatic rings. The largest absolute Gasteiger partial charge is 0.444 e. The van der Waals surface area contributed by atoms with Crippen LogP contribution < -0.4 is 11.2 Å². The van der Waals surface area contributed by atoms with Gasteiger partial charge in [0.05, 0.1) is 0 Å². The molecule has 0 aliphatic heterocycles. The predicted octanol–water partition coefficient (Wildman–Crippen LogP) is 1.96. The second-order valence-corrected chi connectivity index (χ2v) is 5.15. The first-order valence-electron chi connectivity index (χ1n) is 5.66. The Morgan fingerprint density at radius 1 is 1.29 bits per heavy atom. The van der Waals surface area contributed by atoms with E-state index in [4.69, 9.17) is 10.6 Å². The SMILES string of the molecule is C/[N+](N)=C\OCc1ccc(NC(C)(C)C)cc1. The monoisotopic (exact) mass is 236 g/mol. The van der Waals surface area contributed by atoms with Crippen LogP contribution in [0.15, 0.2) is 24.3 Å². The molecule has 0 bridgehead atoms. The van der Waals surface area contributed by atoms with Crippen molar-refractivity contribution >= 4 is 12.1 Å². The van der Waals surface area contributed by atoms with Crippen molar-refractivity contribution in [1.29, 1.82) is 0 Å². The molecule has 0 aliphatic rings. The number of anilines is 1. The zero-order valence-electron chi connectivity index (χ0n) is 11.0. The molecule has 0 saturated heterocycles. The van der Waals surface area contributed by atoms with Gasteiger partial charge in [-0.3, -0.25) is 0 Å². The maximum Gasteiger partial charge on any atom is 0.352 e. The molecule has 0 spiro atoms. The molecular formula is C13H22N3O+. The van der Waals surface area contributed by atoms with Crippen molar-refractivity contribution in [3.8, 4) is 0 Å². The van der Waals surface area contributed by atoms with Crippen molar-refractivity contribution in [2.45, 2.75) is 32.9 Å². The van der Waals surface area contributed by atoms with Crippen LogP contribution in [-0.2, 0) is 11.3 Å². The smallest absolute Gasteiger partial charge is 0.352 e. The molecule has 0 heterocycles. The number of nitrogens with zero attached hydrogens (tertiary/aromatic N) is 1. The van der Waals surface area contributed by atoms with Gasteiger partial charge in [0.25, 0.3) is 0 Å². The minimum Gasteiger partial charge on any atom is -0.444 e. The van der Waals surface area contributed by atoms with Crippen LogP contribution in [0.1, 0.15) is 26.3 Å². The van der Waals surface area contributed by atoms with Crippen LogP contribution in [-0.4, -0.2) is 23.7 Å². The lowest BCUT2D eigenvalue weighted by Gasteiger charge is -2.22. The summed E-state index contributed by atoms with van der Waals surface area (Å²) in [6, 6.07) is 8.18. The number of hydrogen-bond acceptors (Lipinski definition) is 3. The Morgan fingerprint density at radius 2 is 1.88 bits per heavy atom. The molecule has 0 aliphatic carbocycles. The summed E-state index contributed by atoms with van der Waals surface area (Å²) in [6.07, 6.45) is 1.49. The molecule has 94 valence electrons. The van der Waals surface area contributed by atoms with E-state index in [0.29, 0.717) is 6.61 Å². The number of nitrogens with two attached hydrogens (primary N) is 1. The zero-order valence-corrected chi connectivity index (χ0v) is 11.0. The zero-order chi connectivity index (χ0) is 12.9. The van der Waals surface area contributed by atoms with E-state index in [9.17, 15) is 0 Å². The number of ether oxygens (including phenoxy) is 1. The maximum atomic E-state index is 5.39. The molecule has 1 aromatic carbocycles. The van der Waals surface area contributed by atoms with Gasteiger partial charge in [0, 0.05) is 11.2 Å². The summed E-state index contributed by atoms with van der Waals surface area (Å²) in [5, 5.41) is 3.41. The summed E-state index contributed by atoms with van der Waals surface area (Å²) < 4.78 is 6.66. The molecule has 1 rings (SSSR count). The minimum absolute atomic E-state index is 0.0774. The first-order chi connectivity index (χ1) is 7.87. The van der Waals surface area contributed by atoms with Gasteiger partial charge in [0.15, 0.2) is 7.05 Å². The Balaban J connectivity index is 2.53. The lowest BCUT2D eigenvalue weighted by Crippen LogP contribution is -2.25. The number of benzene rings is 1. The van der Waals surface area contributed by atoms with Gasteiger partial charge in [0.2, 0.25) is 0 Å². The van der Waals surface area contributed by atoms with E-state index in [-0.39, 0.29) is 5.54 Å². The first-order valence-corrected chi connectivity index (χ1v) is 5.66. The highest BCUT2D eigenvalue weighted by molar-refractivity contribution is 5.46. The predicted molar refractivity (Wildman–Crippen MR) is 71.0 cm³/mol. The van der Waals surface area contributed by atoms with Gasteiger partial charge in [0.1, 0.15) is 6.61 Å². The number of hydrazine groups is 1. The van der Waals surface area contributed by atoms with Crippen molar-refractivity contribution in [3.05, 3.63) is 29.8 Å². The fourth-order valence-electron chi connectivity index (χ4n) is 1.37. The average molecular weight is 236 g/mol.